The zero-order valence-corrected chi connectivity index (χ0v) is 16.6. The number of hydrogen-bond acceptors (Lipinski definition) is 7. The summed E-state index contributed by atoms with van der Waals surface area (Å²) < 4.78 is 4.86. The van der Waals surface area contributed by atoms with E-state index < -0.39 is 0 Å². The fraction of sp³-hybridized carbons (Fsp3) is 0.789. The molecule has 26 heavy (non-hydrogen) atoms. The van der Waals surface area contributed by atoms with E-state index in [9.17, 15) is 4.79 Å². The van der Waals surface area contributed by atoms with Crippen molar-refractivity contribution >= 4 is 11.8 Å². The van der Waals surface area contributed by atoms with Crippen molar-refractivity contribution in [1.29, 1.82) is 0 Å². The van der Waals surface area contributed by atoms with Crippen molar-refractivity contribution in [3.63, 3.8) is 0 Å². The number of methoxy groups -OCH3 is 1. The van der Waals surface area contributed by atoms with Crippen LogP contribution in [0.3, 0.4) is 0 Å². The molecule has 1 N–H and O–H groups in total. The van der Waals surface area contributed by atoms with Gasteiger partial charge in [0.25, 0.3) is 0 Å². The topological polar surface area (TPSA) is 60.4 Å². The van der Waals surface area contributed by atoms with Crippen molar-refractivity contribution in [1.82, 2.24) is 20.0 Å². The van der Waals surface area contributed by atoms with Gasteiger partial charge in [-0.2, -0.15) is 0 Å². The molecule has 0 aliphatic carbocycles. The molecule has 7 heteroatoms. The Morgan fingerprint density at radius 1 is 1.35 bits per heavy atom. The normalized spacial score (nSPS) is 28.6. The molecule has 3 aliphatic rings. The maximum absolute atomic E-state index is 11.9. The summed E-state index contributed by atoms with van der Waals surface area (Å²) in [7, 11) is 3.34. The zero-order chi connectivity index (χ0) is 18.7. The molecule has 3 heterocycles. The summed E-state index contributed by atoms with van der Waals surface area (Å²) in [6.07, 6.45) is 5.31. The van der Waals surface area contributed by atoms with Gasteiger partial charge in [0.1, 0.15) is 11.5 Å². The van der Waals surface area contributed by atoms with Crippen molar-refractivity contribution in [2.45, 2.75) is 51.2 Å². The Bertz CT molecular complexity index is 570. The second-order valence-corrected chi connectivity index (χ2v) is 7.51. The van der Waals surface area contributed by atoms with Crippen LogP contribution < -0.4 is 5.32 Å². The first-order valence-electron chi connectivity index (χ1n) is 9.87. The first-order chi connectivity index (χ1) is 12.6. The van der Waals surface area contributed by atoms with Crippen LogP contribution >= 0.6 is 0 Å². The highest BCUT2D eigenvalue weighted by molar-refractivity contribution is 5.94. The van der Waals surface area contributed by atoms with E-state index in [1.54, 1.807) is 6.20 Å². The lowest BCUT2D eigenvalue weighted by Gasteiger charge is -2.48. The molecular weight excluding hydrogens is 330 g/mol. The number of ether oxygens (including phenoxy) is 1. The molecule has 2 unspecified atom stereocenters. The molecule has 0 radical (unpaired) electrons. The summed E-state index contributed by atoms with van der Waals surface area (Å²) in [5, 5.41) is 3.47. The third-order valence-corrected chi connectivity index (χ3v) is 6.15. The number of likely N-dealkylation sites (N-methyl/N-ethyl adjacent to an activating group) is 1. The molecule has 0 aromatic carbocycles. The number of nitrogens with zero attached hydrogens (tertiary/aromatic N) is 4. The maximum atomic E-state index is 11.9. The van der Waals surface area contributed by atoms with Crippen LogP contribution in [0.4, 0.5) is 0 Å². The number of esters is 1. The Labute approximate surface area is 157 Å². The number of amidine groups is 1. The minimum atomic E-state index is -0.329. The number of carbonyl (C=O) groups excluding carboxylic acids is 1. The molecule has 146 valence electrons. The van der Waals surface area contributed by atoms with Crippen LogP contribution in [0.15, 0.2) is 16.9 Å². The number of piperidine rings is 1. The van der Waals surface area contributed by atoms with Crippen LogP contribution in [0, 0.1) is 0 Å². The lowest BCUT2D eigenvalue weighted by atomic mass is 9.98. The third kappa shape index (κ3) is 3.74. The van der Waals surface area contributed by atoms with Gasteiger partial charge in [-0.25, -0.2) is 9.79 Å². The van der Waals surface area contributed by atoms with Crippen molar-refractivity contribution in [3.8, 4) is 0 Å². The Morgan fingerprint density at radius 2 is 2.08 bits per heavy atom. The molecular formula is C19H33N5O2. The van der Waals surface area contributed by atoms with Crippen LogP contribution in [0.1, 0.15) is 33.1 Å². The predicted octanol–water partition coefficient (Wildman–Crippen LogP) is 0.881. The van der Waals surface area contributed by atoms with Crippen LogP contribution in [0.2, 0.25) is 0 Å². The summed E-state index contributed by atoms with van der Waals surface area (Å²) in [5.41, 5.74) is 0.518. The van der Waals surface area contributed by atoms with Crippen molar-refractivity contribution in [2.75, 3.05) is 46.9 Å². The Hall–Kier alpha value is -1.60. The van der Waals surface area contributed by atoms with E-state index >= 15 is 0 Å². The van der Waals surface area contributed by atoms with Gasteiger partial charge in [0, 0.05) is 38.8 Å². The number of nitrogens with one attached hydrogen (secondary N) is 1. The largest absolute Gasteiger partial charge is 0.464 e. The van der Waals surface area contributed by atoms with E-state index in [0.717, 1.165) is 45.0 Å². The van der Waals surface area contributed by atoms with E-state index in [0.29, 0.717) is 17.8 Å². The summed E-state index contributed by atoms with van der Waals surface area (Å²) in [5.74, 6) is 0.730. The smallest absolute Gasteiger partial charge is 0.355 e. The highest BCUT2D eigenvalue weighted by atomic mass is 16.5. The van der Waals surface area contributed by atoms with E-state index in [2.05, 4.69) is 34.0 Å². The lowest BCUT2D eigenvalue weighted by Crippen LogP contribution is -2.61. The summed E-state index contributed by atoms with van der Waals surface area (Å²) in [6.45, 7) is 9.77. The minimum Gasteiger partial charge on any atom is -0.464 e. The predicted molar refractivity (Wildman–Crippen MR) is 103 cm³/mol. The molecule has 2 atom stereocenters. The van der Waals surface area contributed by atoms with Crippen LogP contribution in [0.5, 0.6) is 0 Å². The zero-order valence-electron chi connectivity index (χ0n) is 16.6. The Balaban J connectivity index is 1.71. The Morgan fingerprint density at radius 3 is 2.73 bits per heavy atom. The number of piperazine rings is 1. The van der Waals surface area contributed by atoms with Crippen molar-refractivity contribution < 1.29 is 9.53 Å². The van der Waals surface area contributed by atoms with E-state index in [1.807, 2.05) is 11.9 Å². The van der Waals surface area contributed by atoms with Gasteiger partial charge in [0.15, 0.2) is 0 Å². The third-order valence-electron chi connectivity index (χ3n) is 6.15. The SMILES string of the molecule is CCC1CN(C2=NC=C(C(=O)OC)N(C)C2C)CCN1C1CCNCC1. The highest BCUT2D eigenvalue weighted by Crippen LogP contribution is 2.24. The van der Waals surface area contributed by atoms with Gasteiger partial charge in [-0.05, 0) is 39.3 Å². The van der Waals surface area contributed by atoms with Crippen LogP contribution in [-0.4, -0.2) is 91.5 Å². The molecule has 0 saturated carbocycles. The van der Waals surface area contributed by atoms with E-state index in [-0.39, 0.29) is 12.0 Å². The average Bonchev–Trinajstić information content (AvgIpc) is 2.69. The quantitative estimate of drug-likeness (QED) is 0.752. The van der Waals surface area contributed by atoms with Gasteiger partial charge < -0.3 is 19.9 Å². The molecule has 3 aliphatic heterocycles. The lowest BCUT2D eigenvalue weighted by molar-refractivity contribution is -0.138. The van der Waals surface area contributed by atoms with Gasteiger partial charge in [-0.3, -0.25) is 4.90 Å². The number of carbonyl (C=O) groups is 1. The van der Waals surface area contributed by atoms with Gasteiger partial charge in [-0.1, -0.05) is 6.92 Å². The first-order valence-corrected chi connectivity index (χ1v) is 9.87. The number of hydrogen-bond donors (Lipinski definition) is 1. The standard InChI is InChI=1S/C19H33N5O2/c1-5-15-13-23(10-11-24(15)16-6-8-20-9-7-16)18-14(2)22(3)17(12-21-18)19(25)26-4/h12,14-16,20H,5-11,13H2,1-4H3. The van der Waals surface area contributed by atoms with Crippen molar-refractivity contribution in [3.05, 3.63) is 11.9 Å². The van der Waals surface area contributed by atoms with Crippen LogP contribution in [0.25, 0.3) is 0 Å². The Kier molecular flexibility index (Phi) is 6.19. The van der Waals surface area contributed by atoms with Gasteiger partial charge in [0.05, 0.1) is 19.4 Å². The monoisotopic (exact) mass is 363 g/mol. The molecule has 3 rings (SSSR count). The number of rotatable bonds is 3. The molecule has 0 aromatic heterocycles. The summed E-state index contributed by atoms with van der Waals surface area (Å²) in [6, 6.07) is 1.35. The number of aliphatic imine (C=N–C) groups is 1. The summed E-state index contributed by atoms with van der Waals surface area (Å²) in [4.78, 5) is 23.7. The maximum Gasteiger partial charge on any atom is 0.355 e. The molecule has 2 saturated heterocycles. The fourth-order valence-corrected chi connectivity index (χ4v) is 4.42. The second-order valence-electron chi connectivity index (χ2n) is 7.51. The highest BCUT2D eigenvalue weighted by Gasteiger charge is 2.36. The first kappa shape index (κ1) is 19.2. The fourth-order valence-electron chi connectivity index (χ4n) is 4.42. The second kappa shape index (κ2) is 8.39. The van der Waals surface area contributed by atoms with Crippen molar-refractivity contribution in [2.24, 2.45) is 4.99 Å². The molecule has 0 aromatic rings. The van der Waals surface area contributed by atoms with E-state index in [4.69, 9.17) is 4.74 Å². The van der Waals surface area contributed by atoms with E-state index in [1.165, 1.54) is 20.0 Å². The summed E-state index contributed by atoms with van der Waals surface area (Å²) >= 11 is 0. The van der Waals surface area contributed by atoms with Gasteiger partial charge in [0.2, 0.25) is 0 Å². The average molecular weight is 364 g/mol. The minimum absolute atomic E-state index is 0.0667. The molecule has 0 bridgehead atoms. The molecule has 0 spiro atoms. The van der Waals surface area contributed by atoms with Gasteiger partial charge in [-0.15, -0.1) is 0 Å². The van der Waals surface area contributed by atoms with Gasteiger partial charge >= 0.3 is 5.97 Å². The molecule has 0 amide bonds. The molecule has 2 fully saturated rings. The molecule has 7 nitrogen and oxygen atoms in total. The van der Waals surface area contributed by atoms with Crippen LogP contribution in [-0.2, 0) is 9.53 Å².